The molecule has 2 heterocycles. The van der Waals surface area contributed by atoms with Gasteiger partial charge in [0.2, 0.25) is 0 Å². The topological polar surface area (TPSA) is 64.5 Å². The van der Waals surface area contributed by atoms with Crippen molar-refractivity contribution in [3.05, 3.63) is 46.7 Å². The zero-order valence-corrected chi connectivity index (χ0v) is 16.2. The Kier molecular flexibility index (Phi) is 6.38. The third-order valence-corrected chi connectivity index (χ3v) is 4.53. The lowest BCUT2D eigenvalue weighted by molar-refractivity contribution is -0.137. The van der Waals surface area contributed by atoms with Gasteiger partial charge in [-0.15, -0.1) is 0 Å². The van der Waals surface area contributed by atoms with Crippen molar-refractivity contribution in [2.45, 2.75) is 25.1 Å². The number of amides is 1. The van der Waals surface area contributed by atoms with Gasteiger partial charge in [-0.2, -0.15) is 13.2 Å². The van der Waals surface area contributed by atoms with Crippen LogP contribution < -0.4 is 9.47 Å². The molecule has 28 heavy (non-hydrogen) atoms. The van der Waals surface area contributed by atoms with Gasteiger partial charge in [-0.25, -0.2) is 9.97 Å². The van der Waals surface area contributed by atoms with Crippen LogP contribution in [0.15, 0.2) is 41.1 Å². The van der Waals surface area contributed by atoms with Crippen molar-refractivity contribution >= 4 is 21.8 Å². The molecule has 1 amide bonds. The van der Waals surface area contributed by atoms with Crippen LogP contribution in [-0.2, 0) is 11.0 Å². The Bertz CT molecular complexity index is 818. The molecule has 1 aliphatic heterocycles. The summed E-state index contributed by atoms with van der Waals surface area (Å²) in [6, 6.07) is 4.68. The number of halogens is 4. The number of alkyl halides is 3. The van der Waals surface area contributed by atoms with Gasteiger partial charge in [0.1, 0.15) is 11.9 Å². The summed E-state index contributed by atoms with van der Waals surface area (Å²) in [4.78, 5) is 22.0. The number of ether oxygens (including phenoxy) is 2. The van der Waals surface area contributed by atoms with Crippen LogP contribution in [0.4, 0.5) is 13.2 Å². The molecule has 0 bridgehead atoms. The number of aromatic nitrogens is 2. The highest BCUT2D eigenvalue weighted by molar-refractivity contribution is 9.10. The number of piperidine rings is 1. The molecule has 150 valence electrons. The van der Waals surface area contributed by atoms with Crippen molar-refractivity contribution in [3.63, 3.8) is 0 Å². The third-order valence-electron chi connectivity index (χ3n) is 4.12. The molecule has 0 saturated carbocycles. The predicted octanol–water partition coefficient (Wildman–Crippen LogP) is 3.71. The average Bonchev–Trinajstić information content (AvgIpc) is 2.68. The van der Waals surface area contributed by atoms with E-state index in [4.69, 9.17) is 9.47 Å². The van der Waals surface area contributed by atoms with Gasteiger partial charge in [0, 0.05) is 18.9 Å². The van der Waals surface area contributed by atoms with E-state index in [0.717, 1.165) is 29.4 Å². The van der Waals surface area contributed by atoms with Crippen LogP contribution in [0.5, 0.6) is 11.8 Å². The van der Waals surface area contributed by atoms with E-state index in [-0.39, 0.29) is 30.4 Å². The summed E-state index contributed by atoms with van der Waals surface area (Å²) >= 11 is 3.24. The first-order valence-corrected chi connectivity index (χ1v) is 9.32. The van der Waals surface area contributed by atoms with Crippen LogP contribution in [-0.4, -0.2) is 46.6 Å². The minimum atomic E-state index is -4.46. The van der Waals surface area contributed by atoms with Crippen molar-refractivity contribution in [2.24, 2.45) is 0 Å². The molecule has 0 N–H and O–H groups in total. The number of carbonyl (C=O) groups is 1. The Morgan fingerprint density at radius 3 is 2.75 bits per heavy atom. The second-order valence-electron chi connectivity index (χ2n) is 6.22. The molecule has 1 saturated heterocycles. The SMILES string of the molecule is O=C(COc1cccc(C(F)(F)F)c1)N1CCCC(Oc2ncc(Br)cn2)C1. The molecule has 0 aliphatic carbocycles. The first kappa shape index (κ1) is 20.4. The van der Waals surface area contributed by atoms with E-state index in [1.54, 1.807) is 17.3 Å². The van der Waals surface area contributed by atoms with E-state index in [2.05, 4.69) is 25.9 Å². The Morgan fingerprint density at radius 1 is 1.29 bits per heavy atom. The van der Waals surface area contributed by atoms with Gasteiger partial charge in [0.15, 0.2) is 6.61 Å². The molecule has 0 spiro atoms. The molecule has 1 fully saturated rings. The number of benzene rings is 1. The molecule has 3 rings (SSSR count). The van der Waals surface area contributed by atoms with Gasteiger partial charge in [-0.3, -0.25) is 4.79 Å². The molecule has 1 atom stereocenters. The average molecular weight is 460 g/mol. The van der Waals surface area contributed by atoms with Crippen molar-refractivity contribution in [2.75, 3.05) is 19.7 Å². The van der Waals surface area contributed by atoms with Crippen molar-refractivity contribution in [3.8, 4) is 11.8 Å². The number of hydrogen-bond acceptors (Lipinski definition) is 5. The number of hydrogen-bond donors (Lipinski definition) is 0. The van der Waals surface area contributed by atoms with Gasteiger partial charge in [-0.05, 0) is 47.0 Å². The lowest BCUT2D eigenvalue weighted by Gasteiger charge is -2.32. The highest BCUT2D eigenvalue weighted by atomic mass is 79.9. The lowest BCUT2D eigenvalue weighted by Crippen LogP contribution is -2.46. The summed E-state index contributed by atoms with van der Waals surface area (Å²) in [5, 5.41) is 0. The van der Waals surface area contributed by atoms with Crippen molar-refractivity contribution in [1.29, 1.82) is 0 Å². The van der Waals surface area contributed by atoms with Crippen LogP contribution in [0, 0.1) is 0 Å². The first-order chi connectivity index (χ1) is 13.3. The van der Waals surface area contributed by atoms with Crippen molar-refractivity contribution in [1.82, 2.24) is 14.9 Å². The minimum absolute atomic E-state index is 0.00348. The van der Waals surface area contributed by atoms with Crippen LogP contribution in [0.25, 0.3) is 0 Å². The monoisotopic (exact) mass is 459 g/mol. The summed E-state index contributed by atoms with van der Waals surface area (Å²) in [6.07, 6.45) is -0.106. The Morgan fingerprint density at radius 2 is 2.04 bits per heavy atom. The van der Waals surface area contributed by atoms with E-state index >= 15 is 0 Å². The van der Waals surface area contributed by atoms with Gasteiger partial charge in [0.25, 0.3) is 5.91 Å². The fourth-order valence-corrected chi connectivity index (χ4v) is 2.97. The van der Waals surface area contributed by atoms with Crippen LogP contribution in [0.3, 0.4) is 0 Å². The van der Waals surface area contributed by atoms with Crippen LogP contribution >= 0.6 is 15.9 Å². The van der Waals surface area contributed by atoms with Crippen LogP contribution in [0.1, 0.15) is 18.4 Å². The summed E-state index contributed by atoms with van der Waals surface area (Å²) in [5.41, 5.74) is -0.821. The van der Waals surface area contributed by atoms with E-state index in [1.807, 2.05) is 0 Å². The highest BCUT2D eigenvalue weighted by Crippen LogP contribution is 2.31. The number of nitrogens with zero attached hydrogens (tertiary/aromatic N) is 3. The number of rotatable bonds is 5. The second-order valence-corrected chi connectivity index (χ2v) is 7.14. The Balaban J connectivity index is 1.53. The fraction of sp³-hybridized carbons (Fsp3) is 0.389. The Hall–Kier alpha value is -2.36. The van der Waals surface area contributed by atoms with Gasteiger partial charge >= 0.3 is 12.2 Å². The molecule has 2 aromatic rings. The van der Waals surface area contributed by atoms with E-state index in [9.17, 15) is 18.0 Å². The van der Waals surface area contributed by atoms with Gasteiger partial charge in [0.05, 0.1) is 16.6 Å². The van der Waals surface area contributed by atoms with Gasteiger partial charge < -0.3 is 14.4 Å². The van der Waals surface area contributed by atoms with E-state index in [1.165, 1.54) is 12.1 Å². The summed E-state index contributed by atoms with van der Waals surface area (Å²) in [7, 11) is 0. The van der Waals surface area contributed by atoms with E-state index in [0.29, 0.717) is 13.1 Å². The normalized spacial score (nSPS) is 17.3. The molecule has 10 heteroatoms. The zero-order chi connectivity index (χ0) is 20.1. The molecule has 1 aromatic carbocycles. The quantitative estimate of drug-likeness (QED) is 0.681. The largest absolute Gasteiger partial charge is 0.484 e. The third kappa shape index (κ3) is 5.57. The summed E-state index contributed by atoms with van der Waals surface area (Å²) in [5.74, 6) is -0.321. The zero-order valence-electron chi connectivity index (χ0n) is 14.7. The molecule has 1 aliphatic rings. The molecule has 6 nitrogen and oxygen atoms in total. The maximum Gasteiger partial charge on any atom is 0.416 e. The smallest absolute Gasteiger partial charge is 0.416 e. The molecule has 0 radical (unpaired) electrons. The predicted molar refractivity (Wildman–Crippen MR) is 96.9 cm³/mol. The fourth-order valence-electron chi connectivity index (χ4n) is 2.77. The maximum atomic E-state index is 12.7. The van der Waals surface area contributed by atoms with Crippen LogP contribution in [0.2, 0.25) is 0 Å². The molecule has 1 unspecified atom stereocenters. The first-order valence-electron chi connectivity index (χ1n) is 8.53. The molecular weight excluding hydrogens is 443 g/mol. The van der Waals surface area contributed by atoms with Crippen molar-refractivity contribution < 1.29 is 27.4 Å². The highest BCUT2D eigenvalue weighted by Gasteiger charge is 2.31. The maximum absolute atomic E-state index is 12.7. The number of likely N-dealkylation sites (tertiary alicyclic amines) is 1. The summed E-state index contributed by atoms with van der Waals surface area (Å²) in [6.45, 7) is 0.527. The lowest BCUT2D eigenvalue weighted by atomic mass is 10.1. The summed E-state index contributed by atoms with van der Waals surface area (Å²) < 4.78 is 49.9. The number of carbonyl (C=O) groups excluding carboxylic acids is 1. The molecule has 1 aromatic heterocycles. The van der Waals surface area contributed by atoms with E-state index < -0.39 is 11.7 Å². The second kappa shape index (κ2) is 8.76. The molecular formula is C18H17BrF3N3O3. The minimum Gasteiger partial charge on any atom is -0.484 e. The Labute approximate surface area is 167 Å². The van der Waals surface area contributed by atoms with Gasteiger partial charge in [-0.1, -0.05) is 6.07 Å². The standard InChI is InChI=1S/C18H17BrF3N3O3/c19-13-8-23-17(24-9-13)28-15-5-2-6-25(10-15)16(26)11-27-14-4-1-3-12(7-14)18(20,21)22/h1,3-4,7-9,15H,2,5-6,10-11H2.